The number of hydrogen-bond donors (Lipinski definition) is 2. The van der Waals surface area contributed by atoms with E-state index in [1.54, 1.807) is 0 Å². The van der Waals surface area contributed by atoms with Crippen LogP contribution in [0.2, 0.25) is 0 Å². The first kappa shape index (κ1) is 34.2. The van der Waals surface area contributed by atoms with Gasteiger partial charge in [-0.25, -0.2) is 0 Å². The van der Waals surface area contributed by atoms with E-state index < -0.39 is 0 Å². The molecular formula is C44H48N2O3. The molecule has 0 amide bonds. The standard InChI is InChI=1S/C26H28O2.C18H20N2O/c1-17-18(2)25-22(19(3)24(17)27)15-16-26(4,28-25)23(20-11-7-5-8-12-20)21-13-9-6-10-14-21;21-14-17-13-20(12-11-19-17)18(15-7-3-1-4-8-15)16-9-5-2-6-10-16/h5-14,23,27H,15-16H2,1-4H3;1-10,14,17-19H,11-13H2. The van der Waals surface area contributed by atoms with Gasteiger partial charge in [0.2, 0.25) is 0 Å². The molecule has 2 unspecified atom stereocenters. The summed E-state index contributed by atoms with van der Waals surface area (Å²) >= 11 is 0. The molecule has 0 radical (unpaired) electrons. The van der Waals surface area contributed by atoms with E-state index in [0.717, 1.165) is 66.8 Å². The molecule has 2 aliphatic heterocycles. The zero-order chi connectivity index (χ0) is 34.4. The Hall–Kier alpha value is -4.71. The van der Waals surface area contributed by atoms with Gasteiger partial charge in [0, 0.05) is 31.1 Å². The fourth-order valence-corrected chi connectivity index (χ4v) is 7.67. The molecule has 0 aliphatic carbocycles. The van der Waals surface area contributed by atoms with Crippen molar-refractivity contribution >= 4 is 6.29 Å². The van der Waals surface area contributed by atoms with Gasteiger partial charge in [0.25, 0.3) is 0 Å². The number of hydrogen-bond acceptors (Lipinski definition) is 5. The fraction of sp³-hybridized carbons (Fsp3) is 0.295. The molecule has 2 N–H and O–H groups in total. The monoisotopic (exact) mass is 652 g/mol. The molecular weight excluding hydrogens is 604 g/mol. The third kappa shape index (κ3) is 7.34. The second kappa shape index (κ2) is 15.2. The number of carbonyl (C=O) groups excluding carboxylic acids is 1. The Bertz CT molecular complexity index is 1750. The molecule has 5 heteroatoms. The van der Waals surface area contributed by atoms with Crippen molar-refractivity contribution in [2.75, 3.05) is 19.6 Å². The Balaban J connectivity index is 0.000000177. The van der Waals surface area contributed by atoms with Gasteiger partial charge in [-0.05, 0) is 79.5 Å². The van der Waals surface area contributed by atoms with Crippen molar-refractivity contribution in [3.05, 3.63) is 166 Å². The van der Waals surface area contributed by atoms with Crippen LogP contribution >= 0.6 is 0 Å². The first-order chi connectivity index (χ1) is 23.8. The van der Waals surface area contributed by atoms with Crippen LogP contribution in [0.5, 0.6) is 11.5 Å². The van der Waals surface area contributed by atoms with Crippen molar-refractivity contribution in [1.29, 1.82) is 0 Å². The molecule has 0 aromatic heterocycles. The van der Waals surface area contributed by atoms with Gasteiger partial charge in [0.15, 0.2) is 0 Å². The fourth-order valence-electron chi connectivity index (χ4n) is 7.67. The highest BCUT2D eigenvalue weighted by molar-refractivity contribution is 5.59. The summed E-state index contributed by atoms with van der Waals surface area (Å²) in [6.45, 7) is 10.8. The minimum atomic E-state index is -0.365. The smallest absolute Gasteiger partial charge is 0.138 e. The number of benzene rings is 5. The highest BCUT2D eigenvalue weighted by Gasteiger charge is 2.42. The first-order valence-corrected chi connectivity index (χ1v) is 17.4. The summed E-state index contributed by atoms with van der Waals surface area (Å²) in [5.41, 5.74) is 8.78. The highest BCUT2D eigenvalue weighted by Crippen LogP contribution is 2.48. The largest absolute Gasteiger partial charge is 0.507 e. The van der Waals surface area contributed by atoms with Crippen molar-refractivity contribution < 1.29 is 14.6 Å². The zero-order valence-electron chi connectivity index (χ0n) is 29.1. The number of nitrogens with one attached hydrogen (secondary N) is 1. The van der Waals surface area contributed by atoms with Crippen LogP contribution in [0.3, 0.4) is 0 Å². The number of phenols is 1. The van der Waals surface area contributed by atoms with E-state index in [1.165, 1.54) is 22.3 Å². The van der Waals surface area contributed by atoms with Gasteiger partial charge in [-0.3, -0.25) is 4.90 Å². The zero-order valence-corrected chi connectivity index (χ0v) is 29.1. The lowest BCUT2D eigenvalue weighted by atomic mass is 9.73. The Labute approximate surface area is 291 Å². The molecule has 1 fully saturated rings. The van der Waals surface area contributed by atoms with E-state index in [0.29, 0.717) is 5.75 Å². The van der Waals surface area contributed by atoms with E-state index in [2.05, 4.69) is 133 Å². The van der Waals surface area contributed by atoms with E-state index in [1.807, 2.05) is 26.0 Å². The first-order valence-electron chi connectivity index (χ1n) is 17.4. The van der Waals surface area contributed by atoms with Gasteiger partial charge in [0.05, 0.1) is 12.1 Å². The SMILES string of the molecule is Cc1c(C)c2c(c(C)c1O)CCC(C)(C(c1ccccc1)c1ccccc1)O2.O=CC1CN(C(c2ccccc2)c2ccccc2)CCN1. The van der Waals surface area contributed by atoms with Crippen LogP contribution in [-0.4, -0.2) is 47.6 Å². The average Bonchev–Trinajstić information content (AvgIpc) is 3.15. The van der Waals surface area contributed by atoms with E-state index in [-0.39, 0.29) is 23.6 Å². The molecule has 0 spiro atoms. The van der Waals surface area contributed by atoms with Gasteiger partial charge in [-0.15, -0.1) is 0 Å². The molecule has 49 heavy (non-hydrogen) atoms. The van der Waals surface area contributed by atoms with Crippen LogP contribution in [0.25, 0.3) is 0 Å². The number of phenolic OH excluding ortho intramolecular Hbond substituents is 1. The number of aldehydes is 1. The summed E-state index contributed by atoms with van der Waals surface area (Å²) in [6, 6.07) is 42.5. The number of nitrogens with zero attached hydrogens (tertiary/aromatic N) is 1. The summed E-state index contributed by atoms with van der Waals surface area (Å²) in [6.07, 6.45) is 2.82. The second-order valence-electron chi connectivity index (χ2n) is 13.6. The van der Waals surface area contributed by atoms with E-state index in [9.17, 15) is 9.90 Å². The summed E-state index contributed by atoms with van der Waals surface area (Å²) in [5.74, 6) is 1.50. The molecule has 7 rings (SSSR count). The van der Waals surface area contributed by atoms with E-state index >= 15 is 0 Å². The second-order valence-corrected chi connectivity index (χ2v) is 13.6. The Morgan fingerprint density at radius 2 is 1.24 bits per heavy atom. The van der Waals surface area contributed by atoms with Gasteiger partial charge >= 0.3 is 0 Å². The van der Waals surface area contributed by atoms with Gasteiger partial charge in [-0.2, -0.15) is 0 Å². The predicted molar refractivity (Wildman–Crippen MR) is 199 cm³/mol. The normalized spacial score (nSPS) is 19.0. The number of carbonyl (C=O) groups is 1. The van der Waals surface area contributed by atoms with Gasteiger partial charge < -0.3 is 20.0 Å². The van der Waals surface area contributed by atoms with Gasteiger partial charge in [-0.1, -0.05) is 121 Å². The number of ether oxygens (including phenoxy) is 1. The quantitative estimate of drug-likeness (QED) is 0.173. The van der Waals surface area contributed by atoms with Crippen molar-refractivity contribution in [3.63, 3.8) is 0 Å². The summed E-state index contributed by atoms with van der Waals surface area (Å²) in [4.78, 5) is 13.5. The number of rotatable bonds is 7. The van der Waals surface area contributed by atoms with Crippen molar-refractivity contribution in [1.82, 2.24) is 10.2 Å². The van der Waals surface area contributed by atoms with Crippen LogP contribution in [-0.2, 0) is 11.2 Å². The maximum atomic E-state index is 11.1. The number of aromatic hydroxyl groups is 1. The van der Waals surface area contributed by atoms with Crippen LogP contribution in [0.4, 0.5) is 0 Å². The lowest BCUT2D eigenvalue weighted by molar-refractivity contribution is -0.110. The maximum Gasteiger partial charge on any atom is 0.138 e. The molecule has 2 atom stereocenters. The van der Waals surface area contributed by atoms with E-state index in [4.69, 9.17) is 4.74 Å². The molecule has 0 saturated carbocycles. The molecule has 252 valence electrons. The third-order valence-electron chi connectivity index (χ3n) is 10.4. The van der Waals surface area contributed by atoms with Crippen molar-refractivity contribution in [2.24, 2.45) is 0 Å². The third-order valence-corrected chi connectivity index (χ3v) is 10.4. The van der Waals surface area contributed by atoms with Crippen LogP contribution < -0.4 is 10.1 Å². The van der Waals surface area contributed by atoms with Crippen molar-refractivity contribution in [2.45, 2.75) is 64.1 Å². The summed E-state index contributed by atoms with van der Waals surface area (Å²) in [7, 11) is 0. The molecule has 5 nitrogen and oxygen atoms in total. The maximum absolute atomic E-state index is 11.1. The Morgan fingerprint density at radius 3 is 1.73 bits per heavy atom. The minimum absolute atomic E-state index is 0.0753. The lowest BCUT2D eigenvalue weighted by Gasteiger charge is -2.43. The Kier molecular flexibility index (Phi) is 10.6. The molecule has 2 heterocycles. The minimum Gasteiger partial charge on any atom is -0.507 e. The molecule has 0 bridgehead atoms. The molecule has 2 aliphatic rings. The number of piperazine rings is 1. The van der Waals surface area contributed by atoms with Crippen LogP contribution in [0.1, 0.15) is 69.8 Å². The summed E-state index contributed by atoms with van der Waals surface area (Å²) < 4.78 is 6.83. The van der Waals surface area contributed by atoms with Crippen LogP contribution in [0, 0.1) is 20.8 Å². The van der Waals surface area contributed by atoms with Crippen LogP contribution in [0.15, 0.2) is 121 Å². The van der Waals surface area contributed by atoms with Crippen molar-refractivity contribution in [3.8, 4) is 11.5 Å². The highest BCUT2D eigenvalue weighted by atomic mass is 16.5. The predicted octanol–water partition coefficient (Wildman–Crippen LogP) is 8.48. The lowest BCUT2D eigenvalue weighted by Crippen LogP contribution is -2.52. The molecule has 5 aromatic rings. The van der Waals surface area contributed by atoms with Gasteiger partial charge in [0.1, 0.15) is 23.4 Å². The Morgan fingerprint density at radius 1 is 0.755 bits per heavy atom. The molecule has 1 saturated heterocycles. The molecule has 5 aromatic carbocycles. The summed E-state index contributed by atoms with van der Waals surface area (Å²) in [5, 5.41) is 13.7. The topological polar surface area (TPSA) is 61.8 Å². The number of fused-ring (bicyclic) bond motifs is 1. The average molecular weight is 653 g/mol.